The second-order valence-electron chi connectivity index (χ2n) is 0.650. The molecule has 0 atom stereocenters. The van der Waals surface area contributed by atoms with Crippen LogP contribution in [0.1, 0.15) is 0 Å². The van der Waals surface area contributed by atoms with Gasteiger partial charge >= 0.3 is 43.3 Å². The Hall–Kier alpha value is 0.580. The molecule has 4 heteroatoms. The quantitative estimate of drug-likeness (QED) is 0.530. The van der Waals surface area contributed by atoms with Crippen molar-refractivity contribution < 1.29 is 13.2 Å². The minimum atomic E-state index is -3.83. The number of hydrogen-bond donors (Lipinski definition) is 0. The van der Waals surface area contributed by atoms with E-state index in [-0.39, 0.29) is 0 Å². The predicted molar refractivity (Wildman–Crippen MR) is 17.7 cm³/mol. The van der Waals surface area contributed by atoms with Crippen molar-refractivity contribution in [1.82, 2.24) is 0 Å². The third-order valence-corrected chi connectivity index (χ3v) is 1.55. The van der Waals surface area contributed by atoms with Crippen LogP contribution in [0.3, 0.4) is 0 Å². The van der Waals surface area contributed by atoms with Gasteiger partial charge in [-0.2, -0.15) is 0 Å². The third kappa shape index (κ3) is 4.58. The van der Waals surface area contributed by atoms with Gasteiger partial charge < -0.3 is 0 Å². The molecule has 0 spiro atoms. The fourth-order valence-electron chi connectivity index (χ4n) is 0. The molecule has 0 aromatic carbocycles. The fourth-order valence-corrected chi connectivity index (χ4v) is 0. The summed E-state index contributed by atoms with van der Waals surface area (Å²) in [6.45, 7) is 0. The molecular formula is C2H3F3Te. The zero-order chi connectivity index (χ0) is 5.21. The summed E-state index contributed by atoms with van der Waals surface area (Å²) in [7, 11) is 0. The van der Waals surface area contributed by atoms with E-state index in [1.807, 2.05) is 0 Å². The van der Waals surface area contributed by atoms with Crippen molar-refractivity contribution in [2.45, 2.75) is 9.20 Å². The molecule has 0 nitrogen and oxygen atoms in total. The van der Waals surface area contributed by atoms with E-state index in [4.69, 9.17) is 0 Å². The molecule has 0 saturated heterocycles. The summed E-state index contributed by atoms with van der Waals surface area (Å²) in [5.41, 5.74) is 0. The molecule has 0 aromatic rings. The molecule has 0 heterocycles. The van der Waals surface area contributed by atoms with Crippen molar-refractivity contribution in [3.63, 3.8) is 0 Å². The van der Waals surface area contributed by atoms with Gasteiger partial charge in [0.2, 0.25) is 0 Å². The van der Waals surface area contributed by atoms with Crippen LogP contribution in [0.5, 0.6) is 0 Å². The second-order valence-corrected chi connectivity index (χ2v) is 3.14. The van der Waals surface area contributed by atoms with E-state index >= 15 is 0 Å². The van der Waals surface area contributed by atoms with Gasteiger partial charge in [-0.1, -0.05) is 0 Å². The third-order valence-electron chi connectivity index (χ3n) is 0.231. The van der Waals surface area contributed by atoms with Gasteiger partial charge in [-0.3, -0.25) is 0 Å². The van der Waals surface area contributed by atoms with Crippen LogP contribution in [-0.4, -0.2) is 25.1 Å². The summed E-state index contributed by atoms with van der Waals surface area (Å²) in [4.78, 5) is 1.21. The first-order valence-corrected chi connectivity index (χ1v) is 4.67. The van der Waals surface area contributed by atoms with Crippen LogP contribution in [0, 0.1) is 0 Å². The summed E-state index contributed by atoms with van der Waals surface area (Å²) in [5.74, 6) is 0. The molecule has 6 heavy (non-hydrogen) atoms. The van der Waals surface area contributed by atoms with Gasteiger partial charge in [0.1, 0.15) is 0 Å². The Morgan fingerprint density at radius 1 is 1.33 bits per heavy atom. The molecule has 0 radical (unpaired) electrons. The molecule has 0 aromatic heterocycles. The van der Waals surface area contributed by atoms with Gasteiger partial charge in [-0.15, -0.1) is 0 Å². The van der Waals surface area contributed by atoms with E-state index in [0.717, 1.165) is 0 Å². The van der Waals surface area contributed by atoms with E-state index in [1.54, 1.807) is 0 Å². The van der Waals surface area contributed by atoms with Crippen LogP contribution in [0.4, 0.5) is 13.2 Å². The van der Waals surface area contributed by atoms with Crippen molar-refractivity contribution in [3.8, 4) is 0 Å². The summed E-state index contributed by atoms with van der Waals surface area (Å²) >= 11 is -1.68. The Morgan fingerprint density at radius 3 is 1.50 bits per heavy atom. The summed E-state index contributed by atoms with van der Waals surface area (Å²) < 4.78 is 28.7. The molecule has 0 N–H and O–H groups in total. The Bertz CT molecular complexity index is 38.5. The van der Waals surface area contributed by atoms with Crippen LogP contribution < -0.4 is 0 Å². The van der Waals surface area contributed by atoms with Gasteiger partial charge in [0.15, 0.2) is 0 Å². The SMILES string of the molecule is C[Te]C(F)(F)F. The Balaban J connectivity index is 3.17. The Labute approximate surface area is 43.8 Å². The van der Waals surface area contributed by atoms with Crippen LogP contribution in [0.25, 0.3) is 0 Å². The standard InChI is InChI=1S/C2H3F3Te/c1-6-2(3,4)5/h1H3. The van der Waals surface area contributed by atoms with Crippen LogP contribution in [0.15, 0.2) is 0 Å². The molecular weight excluding hydrogens is 209 g/mol. The zero-order valence-corrected chi connectivity index (χ0v) is 5.37. The van der Waals surface area contributed by atoms with E-state index in [1.165, 1.54) is 4.97 Å². The summed E-state index contributed by atoms with van der Waals surface area (Å²) in [5, 5.41) is 0. The Morgan fingerprint density at radius 2 is 1.50 bits per heavy atom. The van der Waals surface area contributed by atoms with E-state index < -0.39 is 25.1 Å². The van der Waals surface area contributed by atoms with Crippen molar-refractivity contribution in [3.05, 3.63) is 0 Å². The molecule has 0 saturated carbocycles. The van der Waals surface area contributed by atoms with Crippen LogP contribution in [0.2, 0.25) is 4.97 Å². The van der Waals surface area contributed by atoms with E-state index in [0.29, 0.717) is 0 Å². The number of hydrogen-bond acceptors (Lipinski definition) is 0. The van der Waals surface area contributed by atoms with Crippen molar-refractivity contribution in [2.75, 3.05) is 0 Å². The Kier molecular flexibility index (Phi) is 2.23. The average Bonchev–Trinajstić information content (AvgIpc) is 1.35. The number of rotatable bonds is 0. The molecule has 0 aliphatic heterocycles. The monoisotopic (exact) mass is 214 g/mol. The maximum absolute atomic E-state index is 10.8. The van der Waals surface area contributed by atoms with Gasteiger partial charge in [-0.25, -0.2) is 0 Å². The van der Waals surface area contributed by atoms with Gasteiger partial charge in [-0.05, 0) is 0 Å². The molecule has 38 valence electrons. The van der Waals surface area contributed by atoms with Crippen molar-refractivity contribution >= 4 is 20.9 Å². The molecule has 0 aliphatic rings. The van der Waals surface area contributed by atoms with Crippen LogP contribution in [-0.2, 0) is 0 Å². The number of halogens is 3. The summed E-state index contributed by atoms with van der Waals surface area (Å²) in [6.07, 6.45) is 0. The first-order valence-electron chi connectivity index (χ1n) is 1.18. The first kappa shape index (κ1) is 6.58. The summed E-state index contributed by atoms with van der Waals surface area (Å²) in [6, 6.07) is 0. The van der Waals surface area contributed by atoms with Crippen LogP contribution >= 0.6 is 0 Å². The van der Waals surface area contributed by atoms with Crippen molar-refractivity contribution in [1.29, 1.82) is 0 Å². The molecule has 0 bridgehead atoms. The van der Waals surface area contributed by atoms with Crippen molar-refractivity contribution in [2.24, 2.45) is 0 Å². The first-order chi connectivity index (χ1) is 2.56. The normalized spacial score (nSPS) is 12.0. The molecule has 0 rings (SSSR count). The molecule has 0 fully saturated rings. The molecule has 0 amide bonds. The van der Waals surface area contributed by atoms with Gasteiger partial charge in [0.25, 0.3) is 0 Å². The van der Waals surface area contributed by atoms with Gasteiger partial charge in [0, 0.05) is 0 Å². The topological polar surface area (TPSA) is 0 Å². The predicted octanol–water partition coefficient (Wildman–Crippen LogP) is 1.26. The number of alkyl halides is 3. The molecule has 0 unspecified atom stereocenters. The zero-order valence-electron chi connectivity index (χ0n) is 3.04. The van der Waals surface area contributed by atoms with E-state index in [2.05, 4.69) is 0 Å². The maximum atomic E-state index is 10.8. The van der Waals surface area contributed by atoms with E-state index in [9.17, 15) is 13.2 Å². The van der Waals surface area contributed by atoms with Gasteiger partial charge in [0.05, 0.1) is 0 Å². The molecule has 0 aliphatic carbocycles. The average molecular weight is 212 g/mol. The second kappa shape index (κ2) is 2.04. The fraction of sp³-hybridized carbons (Fsp3) is 1.00. The minimum absolute atomic E-state index is 1.21.